The average molecular weight is 427 g/mol. The van der Waals surface area contributed by atoms with Crippen molar-refractivity contribution < 1.29 is 19.2 Å². The number of anilines is 2. The maximum absolute atomic E-state index is 12.5. The summed E-state index contributed by atoms with van der Waals surface area (Å²) in [5.74, 6) is 0.295. The van der Waals surface area contributed by atoms with E-state index in [0.717, 1.165) is 5.56 Å². The molecule has 0 saturated carbocycles. The fraction of sp³-hybridized carbons (Fsp3) is 0.381. The first-order valence-electron chi connectivity index (χ1n) is 9.94. The highest BCUT2D eigenvalue weighted by Crippen LogP contribution is 2.29. The lowest BCUT2D eigenvalue weighted by Gasteiger charge is -2.30. The van der Waals surface area contributed by atoms with Crippen molar-refractivity contribution in [2.45, 2.75) is 19.8 Å². The lowest BCUT2D eigenvalue weighted by molar-refractivity contribution is -0.384. The van der Waals surface area contributed by atoms with E-state index < -0.39 is 4.92 Å². The number of carbonyl (C=O) groups excluding carboxylic acids is 2. The lowest BCUT2D eigenvalue weighted by Crippen LogP contribution is -2.41. The molecular weight excluding hydrogens is 402 g/mol. The van der Waals surface area contributed by atoms with Gasteiger partial charge >= 0.3 is 0 Å². The van der Waals surface area contributed by atoms with Gasteiger partial charge in [-0.3, -0.25) is 24.6 Å². The number of ether oxygens (including phenoxy) is 1. The summed E-state index contributed by atoms with van der Waals surface area (Å²) in [4.78, 5) is 41.7. The van der Waals surface area contributed by atoms with Gasteiger partial charge in [-0.2, -0.15) is 0 Å². The first-order chi connectivity index (χ1) is 14.9. The van der Waals surface area contributed by atoms with Crippen molar-refractivity contribution in [1.82, 2.24) is 9.88 Å². The van der Waals surface area contributed by atoms with Crippen LogP contribution in [0, 0.1) is 23.0 Å². The van der Waals surface area contributed by atoms with Crippen molar-refractivity contribution in [2.24, 2.45) is 5.92 Å². The van der Waals surface area contributed by atoms with Gasteiger partial charge in [-0.25, -0.2) is 4.98 Å². The Morgan fingerprint density at radius 1 is 1.23 bits per heavy atom. The molecule has 2 amide bonds. The molecule has 1 saturated heterocycles. The molecule has 0 bridgehead atoms. The predicted octanol–water partition coefficient (Wildman–Crippen LogP) is 2.60. The van der Waals surface area contributed by atoms with E-state index >= 15 is 0 Å². The van der Waals surface area contributed by atoms with E-state index in [1.54, 1.807) is 18.3 Å². The molecule has 10 nitrogen and oxygen atoms in total. The summed E-state index contributed by atoms with van der Waals surface area (Å²) in [6.07, 6.45) is 2.94. The second kappa shape index (κ2) is 9.98. The van der Waals surface area contributed by atoms with Crippen LogP contribution in [0.15, 0.2) is 36.5 Å². The largest absolute Gasteiger partial charge is 0.496 e. The number of hydrogen-bond donors (Lipinski definition) is 2. The number of nitrogens with zero attached hydrogens (tertiary/aromatic N) is 3. The molecule has 0 radical (unpaired) electrons. The summed E-state index contributed by atoms with van der Waals surface area (Å²) in [5.41, 5.74) is 0.910. The summed E-state index contributed by atoms with van der Waals surface area (Å²) in [6.45, 7) is 3.18. The number of nitro benzene ring substituents is 1. The fourth-order valence-electron chi connectivity index (χ4n) is 3.41. The zero-order valence-electron chi connectivity index (χ0n) is 17.5. The number of carbonyl (C=O) groups is 2. The molecule has 1 aliphatic rings. The van der Waals surface area contributed by atoms with Crippen molar-refractivity contribution in [3.05, 3.63) is 52.2 Å². The molecule has 2 N–H and O–H groups in total. The van der Waals surface area contributed by atoms with Gasteiger partial charge in [0.1, 0.15) is 17.3 Å². The number of pyridine rings is 1. The summed E-state index contributed by atoms with van der Waals surface area (Å²) < 4.78 is 5.00. The van der Waals surface area contributed by atoms with Gasteiger partial charge in [-0.05, 0) is 56.6 Å². The van der Waals surface area contributed by atoms with E-state index in [4.69, 9.17) is 4.74 Å². The van der Waals surface area contributed by atoms with Crippen LogP contribution in [-0.4, -0.2) is 53.4 Å². The number of likely N-dealkylation sites (tertiary alicyclic amines) is 1. The zero-order chi connectivity index (χ0) is 22.4. The summed E-state index contributed by atoms with van der Waals surface area (Å²) in [5, 5.41) is 16.7. The van der Waals surface area contributed by atoms with Crippen LogP contribution in [0.3, 0.4) is 0 Å². The molecule has 1 aromatic carbocycles. The van der Waals surface area contributed by atoms with Gasteiger partial charge in [0.15, 0.2) is 0 Å². The topological polar surface area (TPSA) is 127 Å². The first kappa shape index (κ1) is 22.2. The van der Waals surface area contributed by atoms with E-state index in [-0.39, 0.29) is 35.7 Å². The summed E-state index contributed by atoms with van der Waals surface area (Å²) >= 11 is 0. The SMILES string of the molecule is COc1ccc(NC(=O)CN2CCC(C(=O)Nc3ccc(C)cn3)CC2)c([N+](=O)[O-])c1. The van der Waals surface area contributed by atoms with Crippen LogP contribution in [0.4, 0.5) is 17.2 Å². The average Bonchev–Trinajstić information content (AvgIpc) is 2.76. The molecule has 0 aliphatic carbocycles. The molecule has 0 atom stereocenters. The number of hydrogen-bond acceptors (Lipinski definition) is 7. The number of benzene rings is 1. The highest BCUT2D eigenvalue weighted by molar-refractivity contribution is 5.94. The molecule has 1 aliphatic heterocycles. The Morgan fingerprint density at radius 3 is 2.58 bits per heavy atom. The van der Waals surface area contributed by atoms with E-state index in [9.17, 15) is 19.7 Å². The predicted molar refractivity (Wildman–Crippen MR) is 115 cm³/mol. The van der Waals surface area contributed by atoms with Gasteiger partial charge in [0.05, 0.1) is 24.6 Å². The van der Waals surface area contributed by atoms with Crippen molar-refractivity contribution in [3.8, 4) is 5.75 Å². The second-order valence-corrected chi connectivity index (χ2v) is 7.45. The van der Waals surface area contributed by atoms with E-state index in [1.807, 2.05) is 17.9 Å². The Hall–Kier alpha value is -3.53. The van der Waals surface area contributed by atoms with Crippen molar-refractivity contribution in [3.63, 3.8) is 0 Å². The molecule has 2 aromatic rings. The number of piperidine rings is 1. The van der Waals surface area contributed by atoms with Crippen LogP contribution in [0.25, 0.3) is 0 Å². The van der Waals surface area contributed by atoms with Gasteiger partial charge in [0.25, 0.3) is 5.69 Å². The minimum Gasteiger partial charge on any atom is -0.496 e. The lowest BCUT2D eigenvalue weighted by atomic mass is 9.96. The molecule has 0 unspecified atom stereocenters. The Balaban J connectivity index is 1.49. The number of nitrogens with one attached hydrogen (secondary N) is 2. The van der Waals surface area contributed by atoms with Gasteiger partial charge in [0, 0.05) is 12.1 Å². The number of aryl methyl sites for hydroxylation is 1. The van der Waals surface area contributed by atoms with Crippen LogP contribution in [-0.2, 0) is 9.59 Å². The molecular formula is C21H25N5O5. The monoisotopic (exact) mass is 427 g/mol. The summed E-state index contributed by atoms with van der Waals surface area (Å²) in [7, 11) is 1.42. The molecule has 164 valence electrons. The first-order valence-corrected chi connectivity index (χ1v) is 9.94. The third-order valence-electron chi connectivity index (χ3n) is 5.16. The number of methoxy groups -OCH3 is 1. The molecule has 1 aromatic heterocycles. The zero-order valence-corrected chi connectivity index (χ0v) is 17.5. The fourth-order valence-corrected chi connectivity index (χ4v) is 3.41. The quantitative estimate of drug-likeness (QED) is 0.514. The van der Waals surface area contributed by atoms with Gasteiger partial charge in [-0.1, -0.05) is 6.07 Å². The maximum Gasteiger partial charge on any atom is 0.296 e. The molecule has 31 heavy (non-hydrogen) atoms. The molecule has 1 fully saturated rings. The van der Waals surface area contributed by atoms with Crippen LogP contribution >= 0.6 is 0 Å². The third-order valence-corrected chi connectivity index (χ3v) is 5.16. The highest BCUT2D eigenvalue weighted by Gasteiger charge is 2.26. The van der Waals surface area contributed by atoms with Crippen molar-refractivity contribution in [2.75, 3.05) is 37.4 Å². The third kappa shape index (κ3) is 5.98. The van der Waals surface area contributed by atoms with Crippen molar-refractivity contribution >= 4 is 29.0 Å². The molecule has 3 rings (SSSR count). The van der Waals surface area contributed by atoms with Crippen LogP contribution in [0.1, 0.15) is 18.4 Å². The van der Waals surface area contributed by atoms with E-state index in [2.05, 4.69) is 15.6 Å². The van der Waals surface area contributed by atoms with Gasteiger partial charge in [-0.15, -0.1) is 0 Å². The minimum atomic E-state index is -0.564. The maximum atomic E-state index is 12.5. The van der Waals surface area contributed by atoms with E-state index in [1.165, 1.54) is 19.2 Å². The smallest absolute Gasteiger partial charge is 0.296 e. The highest BCUT2D eigenvalue weighted by atomic mass is 16.6. The second-order valence-electron chi connectivity index (χ2n) is 7.45. The Morgan fingerprint density at radius 2 is 1.97 bits per heavy atom. The number of rotatable bonds is 7. The molecule has 0 spiro atoms. The van der Waals surface area contributed by atoms with Crippen LogP contribution in [0.2, 0.25) is 0 Å². The van der Waals surface area contributed by atoms with Crippen LogP contribution in [0.5, 0.6) is 5.75 Å². The molecule has 2 heterocycles. The molecule has 10 heteroatoms. The number of nitro groups is 1. The van der Waals surface area contributed by atoms with E-state index in [0.29, 0.717) is 37.5 Å². The normalized spacial score (nSPS) is 14.6. The van der Waals surface area contributed by atoms with Gasteiger partial charge in [0.2, 0.25) is 11.8 Å². The Bertz CT molecular complexity index is 955. The van der Waals surface area contributed by atoms with Crippen LogP contribution < -0.4 is 15.4 Å². The number of amides is 2. The standard InChI is InChI=1S/C21H25N5O5/c1-14-3-6-19(22-12-14)24-21(28)15-7-9-25(10-8-15)13-20(27)23-17-5-4-16(31-2)11-18(17)26(29)30/h3-6,11-12,15H,7-10,13H2,1-2H3,(H,23,27)(H,22,24,28). The Labute approximate surface area is 179 Å². The van der Waals surface area contributed by atoms with Crippen molar-refractivity contribution in [1.29, 1.82) is 0 Å². The summed E-state index contributed by atoms with van der Waals surface area (Å²) in [6, 6.07) is 7.92. The van der Waals surface area contributed by atoms with Gasteiger partial charge < -0.3 is 15.4 Å². The number of aromatic nitrogens is 1. The Kier molecular flexibility index (Phi) is 7.14. The minimum absolute atomic E-state index is 0.0747.